The van der Waals surface area contributed by atoms with Crippen molar-refractivity contribution in [2.45, 2.75) is 19.3 Å². The number of imide groups is 2. The zero-order valence-corrected chi connectivity index (χ0v) is 25.2. The maximum absolute atomic E-state index is 13.3. The second-order valence-corrected chi connectivity index (χ2v) is 11.3. The van der Waals surface area contributed by atoms with Gasteiger partial charge >= 0.3 is 11.9 Å². The van der Waals surface area contributed by atoms with E-state index in [9.17, 15) is 28.8 Å². The monoisotopic (exact) mass is 626 g/mol. The molecule has 10 heteroatoms. The Balaban J connectivity index is 1.43. The van der Waals surface area contributed by atoms with Crippen LogP contribution in [0.5, 0.6) is 11.5 Å². The van der Waals surface area contributed by atoms with Gasteiger partial charge in [-0.3, -0.25) is 29.8 Å². The molecule has 4 aromatic rings. The van der Waals surface area contributed by atoms with Crippen LogP contribution in [-0.4, -0.2) is 35.6 Å². The first-order valence-electron chi connectivity index (χ1n) is 14.5. The summed E-state index contributed by atoms with van der Waals surface area (Å²) in [4.78, 5) is 76.4. The van der Waals surface area contributed by atoms with Gasteiger partial charge in [-0.15, -0.1) is 0 Å². The number of ether oxygens (including phenoxy) is 2. The van der Waals surface area contributed by atoms with Crippen LogP contribution in [0.25, 0.3) is 11.1 Å². The Morgan fingerprint density at radius 1 is 0.553 bits per heavy atom. The third-order valence-electron chi connectivity index (χ3n) is 7.92. The van der Waals surface area contributed by atoms with Crippen molar-refractivity contribution in [1.82, 2.24) is 10.6 Å². The third-order valence-corrected chi connectivity index (χ3v) is 7.92. The van der Waals surface area contributed by atoms with Crippen LogP contribution in [0.4, 0.5) is 0 Å². The predicted octanol–water partition coefficient (Wildman–Crippen LogP) is 4.53. The molecule has 0 aromatic heterocycles. The number of para-hydroxylation sites is 2. The molecular weight excluding hydrogens is 600 g/mol. The molecule has 0 radical (unpaired) electrons. The van der Waals surface area contributed by atoms with Gasteiger partial charge < -0.3 is 9.47 Å². The molecule has 4 aromatic carbocycles. The first kappa shape index (κ1) is 30.6. The van der Waals surface area contributed by atoms with Crippen molar-refractivity contribution in [2.24, 2.45) is 0 Å². The molecule has 0 aliphatic carbocycles. The first-order chi connectivity index (χ1) is 22.5. The van der Waals surface area contributed by atoms with Crippen LogP contribution in [0, 0.1) is 0 Å². The molecule has 2 N–H and O–H groups in total. The van der Waals surface area contributed by atoms with Gasteiger partial charge in [0, 0.05) is 28.7 Å². The van der Waals surface area contributed by atoms with Crippen molar-refractivity contribution >= 4 is 46.7 Å². The van der Waals surface area contributed by atoms with E-state index in [1.165, 1.54) is 12.1 Å². The molecule has 47 heavy (non-hydrogen) atoms. The molecule has 0 saturated heterocycles. The minimum Gasteiger partial charge on any atom is -0.423 e. The van der Waals surface area contributed by atoms with Crippen LogP contribution in [-0.2, 0) is 24.6 Å². The lowest BCUT2D eigenvalue weighted by molar-refractivity contribution is -0.124. The Hall–Kier alpha value is -6.42. The molecule has 232 valence electrons. The molecule has 2 heterocycles. The van der Waals surface area contributed by atoms with E-state index in [4.69, 9.17) is 9.47 Å². The summed E-state index contributed by atoms with van der Waals surface area (Å²) >= 11 is 0. The summed E-state index contributed by atoms with van der Waals surface area (Å²) in [6.07, 6.45) is 2.25. The number of carbonyl (C=O) groups excluding carboxylic acids is 6. The number of amides is 4. The van der Waals surface area contributed by atoms with E-state index in [1.54, 1.807) is 84.9 Å². The number of hydrogen-bond donors (Lipinski definition) is 2. The van der Waals surface area contributed by atoms with Gasteiger partial charge in [-0.25, -0.2) is 9.59 Å². The minimum atomic E-state index is -0.869. The van der Waals surface area contributed by atoms with E-state index in [1.807, 2.05) is 13.8 Å². The Morgan fingerprint density at radius 3 is 1.28 bits per heavy atom. The van der Waals surface area contributed by atoms with E-state index >= 15 is 0 Å². The highest BCUT2D eigenvalue weighted by atomic mass is 16.5. The fourth-order valence-electron chi connectivity index (χ4n) is 5.36. The largest absolute Gasteiger partial charge is 0.423 e. The van der Waals surface area contributed by atoms with Gasteiger partial charge in [-0.1, -0.05) is 62.4 Å². The molecule has 10 nitrogen and oxygen atoms in total. The van der Waals surface area contributed by atoms with Crippen molar-refractivity contribution in [3.63, 3.8) is 0 Å². The Bertz CT molecular complexity index is 1910. The van der Waals surface area contributed by atoms with Gasteiger partial charge in [0.15, 0.2) is 0 Å². The van der Waals surface area contributed by atoms with Gasteiger partial charge in [-0.05, 0) is 59.7 Å². The molecule has 2 aliphatic heterocycles. The van der Waals surface area contributed by atoms with Crippen LogP contribution in [0.15, 0.2) is 109 Å². The Kier molecular flexibility index (Phi) is 7.92. The highest BCUT2D eigenvalue weighted by Gasteiger charge is 2.33. The summed E-state index contributed by atoms with van der Waals surface area (Å²) < 4.78 is 11.1. The number of hydrogen-bond acceptors (Lipinski definition) is 8. The van der Waals surface area contributed by atoms with Crippen LogP contribution in [0.3, 0.4) is 0 Å². The molecule has 6 rings (SSSR count). The highest BCUT2D eigenvalue weighted by molar-refractivity contribution is 6.35. The van der Waals surface area contributed by atoms with Gasteiger partial charge in [-0.2, -0.15) is 0 Å². The lowest BCUT2D eigenvalue weighted by Gasteiger charge is -2.28. The first-order valence-corrected chi connectivity index (χ1v) is 14.5. The Morgan fingerprint density at radius 2 is 0.936 bits per heavy atom. The summed E-state index contributed by atoms with van der Waals surface area (Å²) in [6, 6.07) is 26.6. The minimum absolute atomic E-state index is 0.00125. The summed E-state index contributed by atoms with van der Waals surface area (Å²) in [5.74, 6) is -3.40. The molecule has 0 bridgehead atoms. The normalized spacial score (nSPS) is 14.3. The molecule has 2 aliphatic rings. The number of rotatable bonds is 8. The van der Waals surface area contributed by atoms with E-state index in [0.717, 1.165) is 12.2 Å². The van der Waals surface area contributed by atoms with Gasteiger partial charge in [0.2, 0.25) is 0 Å². The zero-order valence-electron chi connectivity index (χ0n) is 25.2. The van der Waals surface area contributed by atoms with E-state index in [0.29, 0.717) is 22.6 Å². The smallest absolute Gasteiger partial charge is 0.344 e. The summed E-state index contributed by atoms with van der Waals surface area (Å²) in [6.45, 7) is 3.75. The van der Waals surface area contributed by atoms with E-state index < -0.39 is 41.0 Å². The molecule has 0 atom stereocenters. The SMILES string of the molecule is CC(C)(c1ccc(C(=O)Oc2ccccc2)c(C2=CC(=O)NC2=O)c1)c1ccc(C(=O)Oc2ccccc2)c(C2=CC(=O)NC2=O)c1. The maximum Gasteiger partial charge on any atom is 0.344 e. The number of nitrogens with one attached hydrogen (secondary N) is 2. The summed E-state index contributed by atoms with van der Waals surface area (Å²) in [5, 5.41) is 4.43. The predicted molar refractivity (Wildman–Crippen MR) is 170 cm³/mol. The highest BCUT2D eigenvalue weighted by Crippen LogP contribution is 2.37. The second kappa shape index (κ2) is 12.2. The molecular formula is C37H26N2O8. The van der Waals surface area contributed by atoms with Crippen LogP contribution < -0.4 is 20.1 Å². The van der Waals surface area contributed by atoms with Crippen molar-refractivity contribution in [3.05, 3.63) is 143 Å². The number of benzene rings is 4. The fraction of sp³-hybridized carbons (Fsp3) is 0.0811. The Labute approximate surface area is 268 Å². The molecule has 4 amide bonds. The quantitative estimate of drug-likeness (QED) is 0.165. The van der Waals surface area contributed by atoms with Gasteiger partial charge in [0.05, 0.1) is 22.3 Å². The average Bonchev–Trinajstić information content (AvgIpc) is 3.59. The summed E-state index contributed by atoms with van der Waals surface area (Å²) in [7, 11) is 0. The van der Waals surface area contributed by atoms with Gasteiger partial charge in [0.25, 0.3) is 23.6 Å². The average molecular weight is 627 g/mol. The van der Waals surface area contributed by atoms with Crippen molar-refractivity contribution < 1.29 is 38.2 Å². The van der Waals surface area contributed by atoms with Crippen molar-refractivity contribution in [1.29, 1.82) is 0 Å². The topological polar surface area (TPSA) is 145 Å². The van der Waals surface area contributed by atoms with Crippen molar-refractivity contribution in [2.75, 3.05) is 0 Å². The number of esters is 2. The fourth-order valence-corrected chi connectivity index (χ4v) is 5.36. The second-order valence-electron chi connectivity index (χ2n) is 11.3. The van der Waals surface area contributed by atoms with Crippen molar-refractivity contribution in [3.8, 4) is 11.5 Å². The van der Waals surface area contributed by atoms with Gasteiger partial charge in [0.1, 0.15) is 11.5 Å². The molecule has 0 spiro atoms. The van der Waals surface area contributed by atoms with Crippen LogP contribution in [0.1, 0.15) is 56.8 Å². The zero-order chi connectivity index (χ0) is 33.3. The van der Waals surface area contributed by atoms with Crippen LogP contribution >= 0.6 is 0 Å². The lowest BCUT2D eigenvalue weighted by atomic mass is 9.75. The summed E-state index contributed by atoms with van der Waals surface area (Å²) in [5.41, 5.74) is 0.889. The van der Waals surface area contributed by atoms with E-state index in [2.05, 4.69) is 10.6 Å². The standard InChI is InChI=1S/C37H26N2O8/c1-37(2,21-13-15-25(35(44)46-23-9-5-3-6-10-23)27(17-21)29-19-31(40)38-33(29)42)22-14-16-26(36(45)47-24-11-7-4-8-12-24)28(18-22)30-20-32(41)39-34(30)43/h3-20H,1-2H3,(H,38,40,42)(H,39,41,43). The third kappa shape index (κ3) is 6.12. The molecule has 0 unspecified atom stereocenters. The maximum atomic E-state index is 13.3. The molecule has 0 fully saturated rings. The van der Waals surface area contributed by atoms with E-state index in [-0.39, 0.29) is 33.4 Å². The molecule has 0 saturated carbocycles. The lowest BCUT2D eigenvalue weighted by Crippen LogP contribution is -2.24. The number of carbonyl (C=O) groups is 6. The van der Waals surface area contributed by atoms with Crippen LogP contribution in [0.2, 0.25) is 0 Å².